The van der Waals surface area contributed by atoms with Gasteiger partial charge in [0, 0.05) is 5.54 Å². The molecule has 0 bridgehead atoms. The number of amides is 1. The second-order valence-corrected chi connectivity index (χ2v) is 5.34. The van der Waals surface area contributed by atoms with E-state index in [0.717, 1.165) is 25.7 Å². The molecule has 1 fully saturated rings. The van der Waals surface area contributed by atoms with Crippen LogP contribution in [0, 0.1) is 0 Å². The maximum Gasteiger partial charge on any atom is 0.255 e. The number of nitrogens with zero attached hydrogens (tertiary/aromatic N) is 2. The monoisotopic (exact) mass is 273 g/mol. The minimum atomic E-state index is -0.240. The summed E-state index contributed by atoms with van der Waals surface area (Å²) in [5, 5.41) is 10.4. The van der Waals surface area contributed by atoms with Crippen molar-refractivity contribution < 1.29 is 4.79 Å². The second-order valence-electron chi connectivity index (χ2n) is 4.59. The molecule has 0 unspecified atom stereocenters. The van der Waals surface area contributed by atoms with Gasteiger partial charge in [0.1, 0.15) is 0 Å². The van der Waals surface area contributed by atoms with E-state index in [-0.39, 0.29) is 27.3 Å². The minimum absolute atomic E-state index is 0.0773. The Hall–Kier alpha value is -0.870. The van der Waals surface area contributed by atoms with Crippen LogP contribution >= 0.6 is 23.2 Å². The highest BCUT2D eigenvalue weighted by molar-refractivity contribution is 6.34. The van der Waals surface area contributed by atoms with Crippen molar-refractivity contribution in [2.45, 2.75) is 38.1 Å². The van der Waals surface area contributed by atoms with Gasteiger partial charge in [0.2, 0.25) is 0 Å². The van der Waals surface area contributed by atoms with Crippen molar-refractivity contribution in [2.75, 3.05) is 0 Å². The van der Waals surface area contributed by atoms with Crippen molar-refractivity contribution in [1.82, 2.24) is 15.5 Å². The lowest BCUT2D eigenvalue weighted by molar-refractivity contribution is 0.0907. The fourth-order valence-electron chi connectivity index (χ4n) is 2.13. The fourth-order valence-corrected chi connectivity index (χ4v) is 2.46. The highest BCUT2D eigenvalue weighted by Crippen LogP contribution is 2.29. The summed E-state index contributed by atoms with van der Waals surface area (Å²) in [6.07, 6.45) is 4.25. The number of carbonyl (C=O) groups excluding carboxylic acids is 1. The molecule has 1 aromatic heterocycles. The zero-order valence-corrected chi connectivity index (χ0v) is 11.0. The Bertz CT molecular complexity index is 444. The molecule has 1 aliphatic carbocycles. The summed E-state index contributed by atoms with van der Waals surface area (Å²) in [6, 6.07) is 1.44. The summed E-state index contributed by atoms with van der Waals surface area (Å²) >= 11 is 11.5. The zero-order valence-electron chi connectivity index (χ0n) is 9.46. The lowest BCUT2D eigenvalue weighted by Gasteiger charge is -2.25. The normalized spacial score (nSPS) is 18.1. The number of rotatable bonds is 2. The fraction of sp³-hybridized carbons (Fsp3) is 0.545. The average molecular weight is 274 g/mol. The quantitative estimate of drug-likeness (QED) is 0.902. The molecule has 92 valence electrons. The van der Waals surface area contributed by atoms with E-state index in [9.17, 15) is 4.79 Å². The molecule has 6 heteroatoms. The molecule has 0 radical (unpaired) electrons. The molecule has 0 atom stereocenters. The summed E-state index contributed by atoms with van der Waals surface area (Å²) in [7, 11) is 0. The standard InChI is InChI=1S/C11H13Cl2N3O/c1-11(4-2-3-5-11)14-10(17)7-6-8(12)15-16-9(7)13/h6H,2-5H2,1H3,(H,14,17). The Morgan fingerprint density at radius 3 is 2.65 bits per heavy atom. The third-order valence-corrected chi connectivity index (χ3v) is 3.55. The van der Waals surface area contributed by atoms with E-state index in [2.05, 4.69) is 15.5 Å². The Labute approximate surface area is 110 Å². The summed E-state index contributed by atoms with van der Waals surface area (Å²) in [6.45, 7) is 2.04. The Morgan fingerprint density at radius 1 is 1.35 bits per heavy atom. The number of nitrogens with one attached hydrogen (secondary N) is 1. The van der Waals surface area contributed by atoms with Crippen LogP contribution in [0.3, 0.4) is 0 Å². The molecule has 1 N–H and O–H groups in total. The van der Waals surface area contributed by atoms with Gasteiger partial charge in [-0.1, -0.05) is 36.0 Å². The molecule has 0 aromatic carbocycles. The summed E-state index contributed by atoms with van der Waals surface area (Å²) in [5.74, 6) is -0.240. The van der Waals surface area contributed by atoms with Crippen LogP contribution in [0.15, 0.2) is 6.07 Å². The molecule has 17 heavy (non-hydrogen) atoms. The molecule has 1 saturated carbocycles. The van der Waals surface area contributed by atoms with Crippen molar-refractivity contribution in [3.63, 3.8) is 0 Å². The van der Waals surface area contributed by atoms with Crippen LogP contribution in [-0.2, 0) is 0 Å². The van der Waals surface area contributed by atoms with Gasteiger partial charge < -0.3 is 5.32 Å². The van der Waals surface area contributed by atoms with Crippen molar-refractivity contribution >= 4 is 29.1 Å². The molecule has 0 spiro atoms. The van der Waals surface area contributed by atoms with Crippen LogP contribution in [0.1, 0.15) is 43.0 Å². The van der Waals surface area contributed by atoms with E-state index >= 15 is 0 Å². The largest absolute Gasteiger partial charge is 0.347 e. The van der Waals surface area contributed by atoms with Gasteiger partial charge >= 0.3 is 0 Å². The van der Waals surface area contributed by atoms with Gasteiger partial charge in [-0.25, -0.2) is 0 Å². The van der Waals surface area contributed by atoms with Crippen LogP contribution in [0.4, 0.5) is 0 Å². The summed E-state index contributed by atoms with van der Waals surface area (Å²) in [5.41, 5.74) is 0.135. The predicted molar refractivity (Wildman–Crippen MR) is 66.4 cm³/mol. The van der Waals surface area contributed by atoms with Gasteiger partial charge in [-0.3, -0.25) is 4.79 Å². The molecule has 0 aliphatic heterocycles. The first-order valence-corrected chi connectivity index (χ1v) is 6.27. The van der Waals surface area contributed by atoms with E-state index in [0.29, 0.717) is 0 Å². The lowest BCUT2D eigenvalue weighted by Crippen LogP contribution is -2.43. The number of hydrogen-bond acceptors (Lipinski definition) is 3. The van der Waals surface area contributed by atoms with Crippen molar-refractivity contribution in [2.24, 2.45) is 0 Å². The van der Waals surface area contributed by atoms with E-state index in [1.807, 2.05) is 6.92 Å². The van der Waals surface area contributed by atoms with Gasteiger partial charge in [-0.15, -0.1) is 10.2 Å². The van der Waals surface area contributed by atoms with E-state index in [1.165, 1.54) is 6.07 Å². The van der Waals surface area contributed by atoms with Crippen LogP contribution in [0.5, 0.6) is 0 Å². The van der Waals surface area contributed by atoms with E-state index < -0.39 is 0 Å². The first-order chi connectivity index (χ1) is 8.00. The van der Waals surface area contributed by atoms with Gasteiger partial charge in [0.15, 0.2) is 10.3 Å². The molecule has 1 aromatic rings. The van der Waals surface area contributed by atoms with Gasteiger partial charge in [0.05, 0.1) is 5.56 Å². The molecule has 2 rings (SSSR count). The Kier molecular flexibility index (Phi) is 3.54. The second kappa shape index (κ2) is 4.78. The van der Waals surface area contributed by atoms with Crippen LogP contribution in [0.2, 0.25) is 10.3 Å². The van der Waals surface area contributed by atoms with E-state index in [4.69, 9.17) is 23.2 Å². The summed E-state index contributed by atoms with van der Waals surface area (Å²) in [4.78, 5) is 12.1. The number of halogens is 2. The number of carbonyl (C=O) groups is 1. The third kappa shape index (κ3) is 2.87. The highest BCUT2D eigenvalue weighted by Gasteiger charge is 2.31. The minimum Gasteiger partial charge on any atom is -0.347 e. The average Bonchev–Trinajstić information content (AvgIpc) is 2.68. The number of hydrogen-bond donors (Lipinski definition) is 1. The van der Waals surface area contributed by atoms with Crippen molar-refractivity contribution in [1.29, 1.82) is 0 Å². The predicted octanol–water partition coefficient (Wildman–Crippen LogP) is 2.85. The van der Waals surface area contributed by atoms with Crippen LogP contribution in [0.25, 0.3) is 0 Å². The lowest BCUT2D eigenvalue weighted by atomic mass is 10.0. The first-order valence-electron chi connectivity index (χ1n) is 5.51. The maximum absolute atomic E-state index is 12.1. The van der Waals surface area contributed by atoms with Crippen molar-refractivity contribution in [3.8, 4) is 0 Å². The SMILES string of the molecule is CC1(NC(=O)c2cc(Cl)nnc2Cl)CCCC1. The molecule has 1 aliphatic rings. The highest BCUT2D eigenvalue weighted by atomic mass is 35.5. The maximum atomic E-state index is 12.1. The molecule has 1 heterocycles. The summed E-state index contributed by atoms with van der Waals surface area (Å²) < 4.78 is 0. The van der Waals surface area contributed by atoms with Gasteiger partial charge in [0.25, 0.3) is 5.91 Å². The Morgan fingerprint density at radius 2 is 2.00 bits per heavy atom. The van der Waals surface area contributed by atoms with Crippen molar-refractivity contribution in [3.05, 3.63) is 21.9 Å². The molecular formula is C11H13Cl2N3O. The molecular weight excluding hydrogens is 261 g/mol. The van der Waals surface area contributed by atoms with Crippen LogP contribution < -0.4 is 5.32 Å². The third-order valence-electron chi connectivity index (χ3n) is 3.09. The zero-order chi connectivity index (χ0) is 12.5. The van der Waals surface area contributed by atoms with Crippen LogP contribution in [-0.4, -0.2) is 21.6 Å². The van der Waals surface area contributed by atoms with Gasteiger partial charge in [-0.05, 0) is 25.8 Å². The molecule has 1 amide bonds. The molecule has 0 saturated heterocycles. The topological polar surface area (TPSA) is 54.9 Å². The number of aromatic nitrogens is 2. The smallest absolute Gasteiger partial charge is 0.255 e. The molecule has 4 nitrogen and oxygen atoms in total. The Balaban J connectivity index is 2.17. The van der Waals surface area contributed by atoms with Gasteiger partial charge in [-0.2, -0.15) is 0 Å². The van der Waals surface area contributed by atoms with E-state index in [1.54, 1.807) is 0 Å². The first kappa shape index (κ1) is 12.6.